The molecule has 0 N–H and O–H groups in total. The van der Waals surface area contributed by atoms with Gasteiger partial charge in [0.2, 0.25) is 0 Å². The van der Waals surface area contributed by atoms with Crippen molar-refractivity contribution in [2.45, 2.75) is 25.7 Å². The smallest absolute Gasteiger partial charge is 0.161 e. The lowest BCUT2D eigenvalue weighted by Gasteiger charge is -2.06. The van der Waals surface area contributed by atoms with Crippen molar-refractivity contribution in [3.8, 4) is 11.4 Å². The van der Waals surface area contributed by atoms with Crippen LogP contribution in [0.2, 0.25) is 5.15 Å². The van der Waals surface area contributed by atoms with Crippen LogP contribution in [-0.4, -0.2) is 9.97 Å². The van der Waals surface area contributed by atoms with Crippen molar-refractivity contribution in [3.05, 3.63) is 46.7 Å². The topological polar surface area (TPSA) is 25.8 Å². The molecule has 0 aliphatic heterocycles. The van der Waals surface area contributed by atoms with Crippen molar-refractivity contribution in [1.82, 2.24) is 9.97 Å². The summed E-state index contributed by atoms with van der Waals surface area (Å²) in [7, 11) is 0. The summed E-state index contributed by atoms with van der Waals surface area (Å²) < 4.78 is 0. The van der Waals surface area contributed by atoms with Gasteiger partial charge in [-0.3, -0.25) is 0 Å². The van der Waals surface area contributed by atoms with Gasteiger partial charge in [-0.05, 0) is 31.4 Å². The third-order valence-corrected chi connectivity index (χ3v) is 3.29. The van der Waals surface area contributed by atoms with Crippen molar-refractivity contribution in [2.24, 2.45) is 0 Å². The van der Waals surface area contributed by atoms with E-state index >= 15 is 0 Å². The molecule has 0 saturated heterocycles. The van der Waals surface area contributed by atoms with Crippen LogP contribution in [-0.2, 0) is 0 Å². The van der Waals surface area contributed by atoms with E-state index in [9.17, 15) is 0 Å². The minimum Gasteiger partial charge on any atom is -0.233 e. The van der Waals surface area contributed by atoms with Gasteiger partial charge < -0.3 is 0 Å². The Bertz CT molecular complexity index is 562. The summed E-state index contributed by atoms with van der Waals surface area (Å²) in [5.74, 6) is 1.34. The van der Waals surface area contributed by atoms with E-state index < -0.39 is 0 Å². The van der Waals surface area contributed by atoms with Crippen molar-refractivity contribution in [3.63, 3.8) is 0 Å². The number of aromatic nitrogens is 2. The number of benzene rings is 1. The SMILES string of the molecule is Cc1ccccc1-c1nc(Cl)cc(C2CC2)n1. The number of rotatable bonds is 2. The first-order valence-electron chi connectivity index (χ1n) is 5.84. The Balaban J connectivity index is 2.11. The van der Waals surface area contributed by atoms with Crippen LogP contribution in [0, 0.1) is 6.92 Å². The third kappa shape index (κ3) is 2.18. The number of hydrogen-bond donors (Lipinski definition) is 0. The quantitative estimate of drug-likeness (QED) is 0.747. The maximum atomic E-state index is 6.07. The molecule has 1 aliphatic rings. The Labute approximate surface area is 106 Å². The normalized spacial score (nSPS) is 14.9. The van der Waals surface area contributed by atoms with E-state index in [1.807, 2.05) is 24.3 Å². The fourth-order valence-corrected chi connectivity index (χ4v) is 2.16. The fraction of sp³-hybridized carbons (Fsp3) is 0.286. The van der Waals surface area contributed by atoms with Crippen LogP contribution in [0.4, 0.5) is 0 Å². The predicted octanol–water partition coefficient (Wildman–Crippen LogP) is 3.98. The molecule has 0 spiro atoms. The van der Waals surface area contributed by atoms with Crippen molar-refractivity contribution in [1.29, 1.82) is 0 Å². The van der Waals surface area contributed by atoms with E-state index in [-0.39, 0.29) is 0 Å². The lowest BCUT2D eigenvalue weighted by atomic mass is 10.1. The molecule has 86 valence electrons. The molecule has 17 heavy (non-hydrogen) atoms. The molecule has 1 fully saturated rings. The molecule has 3 rings (SSSR count). The molecule has 0 atom stereocenters. The Hall–Kier alpha value is -1.41. The molecule has 0 unspecified atom stereocenters. The van der Waals surface area contributed by atoms with Crippen LogP contribution in [0.15, 0.2) is 30.3 Å². The van der Waals surface area contributed by atoms with Gasteiger partial charge in [-0.15, -0.1) is 0 Å². The summed E-state index contributed by atoms with van der Waals surface area (Å²) in [6.07, 6.45) is 2.45. The molecular formula is C14H13ClN2. The highest BCUT2D eigenvalue weighted by Gasteiger charge is 2.26. The fourth-order valence-electron chi connectivity index (χ4n) is 1.97. The van der Waals surface area contributed by atoms with Crippen LogP contribution in [0.1, 0.15) is 30.0 Å². The van der Waals surface area contributed by atoms with Gasteiger partial charge in [-0.25, -0.2) is 9.97 Å². The average molecular weight is 245 g/mol. The van der Waals surface area contributed by atoms with Gasteiger partial charge in [0.1, 0.15) is 5.15 Å². The Kier molecular flexibility index (Phi) is 2.60. The zero-order chi connectivity index (χ0) is 11.8. The molecule has 3 heteroatoms. The zero-order valence-electron chi connectivity index (χ0n) is 9.65. The molecule has 1 aliphatic carbocycles. The van der Waals surface area contributed by atoms with Gasteiger partial charge >= 0.3 is 0 Å². The van der Waals surface area contributed by atoms with Crippen LogP contribution < -0.4 is 0 Å². The van der Waals surface area contributed by atoms with Crippen LogP contribution >= 0.6 is 11.6 Å². The second-order valence-electron chi connectivity index (χ2n) is 4.53. The van der Waals surface area contributed by atoms with Crippen molar-refractivity contribution in [2.75, 3.05) is 0 Å². The molecule has 1 aromatic heterocycles. The van der Waals surface area contributed by atoms with Crippen LogP contribution in [0.3, 0.4) is 0 Å². The molecular weight excluding hydrogens is 232 g/mol. The summed E-state index contributed by atoms with van der Waals surface area (Å²) in [6.45, 7) is 2.07. The van der Waals surface area contributed by atoms with Gasteiger partial charge in [0, 0.05) is 17.2 Å². The molecule has 1 saturated carbocycles. The van der Waals surface area contributed by atoms with Crippen LogP contribution in [0.25, 0.3) is 11.4 Å². The van der Waals surface area contributed by atoms with E-state index in [2.05, 4.69) is 23.0 Å². The van der Waals surface area contributed by atoms with Gasteiger partial charge in [-0.1, -0.05) is 35.9 Å². The predicted molar refractivity (Wildman–Crippen MR) is 69.2 cm³/mol. The molecule has 0 amide bonds. The minimum absolute atomic E-state index is 0.542. The lowest BCUT2D eigenvalue weighted by molar-refractivity contribution is 0.993. The van der Waals surface area contributed by atoms with E-state index in [1.165, 1.54) is 18.4 Å². The monoisotopic (exact) mass is 244 g/mol. The first kappa shape index (κ1) is 10.7. The highest BCUT2D eigenvalue weighted by Crippen LogP contribution is 2.40. The molecule has 1 aromatic carbocycles. The number of nitrogens with zero attached hydrogens (tertiary/aromatic N) is 2. The number of hydrogen-bond acceptors (Lipinski definition) is 2. The second kappa shape index (κ2) is 4.11. The maximum absolute atomic E-state index is 6.07. The maximum Gasteiger partial charge on any atom is 0.161 e. The Morgan fingerprint density at radius 1 is 1.18 bits per heavy atom. The standard InChI is InChI=1S/C14H13ClN2/c1-9-4-2-3-5-11(9)14-16-12(10-6-7-10)8-13(15)17-14/h2-5,8,10H,6-7H2,1H3. The number of aryl methyl sites for hydroxylation is 1. The van der Waals surface area contributed by atoms with E-state index in [0.29, 0.717) is 11.1 Å². The Morgan fingerprint density at radius 2 is 1.94 bits per heavy atom. The first-order chi connectivity index (χ1) is 8.24. The van der Waals surface area contributed by atoms with E-state index in [0.717, 1.165) is 17.1 Å². The van der Waals surface area contributed by atoms with Crippen LogP contribution in [0.5, 0.6) is 0 Å². The zero-order valence-corrected chi connectivity index (χ0v) is 10.4. The van der Waals surface area contributed by atoms with Gasteiger partial charge in [0.25, 0.3) is 0 Å². The number of halogens is 1. The van der Waals surface area contributed by atoms with Crippen molar-refractivity contribution >= 4 is 11.6 Å². The molecule has 2 aromatic rings. The average Bonchev–Trinajstić information content (AvgIpc) is 3.12. The molecule has 2 nitrogen and oxygen atoms in total. The van der Waals surface area contributed by atoms with E-state index in [4.69, 9.17) is 11.6 Å². The van der Waals surface area contributed by atoms with Crippen molar-refractivity contribution < 1.29 is 0 Å². The van der Waals surface area contributed by atoms with Gasteiger partial charge in [0.15, 0.2) is 5.82 Å². The largest absolute Gasteiger partial charge is 0.233 e. The summed E-state index contributed by atoms with van der Waals surface area (Å²) in [5.41, 5.74) is 3.33. The molecule has 1 heterocycles. The molecule has 0 bridgehead atoms. The van der Waals surface area contributed by atoms with Gasteiger partial charge in [0.05, 0.1) is 0 Å². The molecule has 0 radical (unpaired) electrons. The first-order valence-corrected chi connectivity index (χ1v) is 6.22. The van der Waals surface area contributed by atoms with Gasteiger partial charge in [-0.2, -0.15) is 0 Å². The lowest BCUT2D eigenvalue weighted by Crippen LogP contribution is -1.96. The minimum atomic E-state index is 0.542. The van der Waals surface area contributed by atoms with E-state index in [1.54, 1.807) is 0 Å². The highest BCUT2D eigenvalue weighted by atomic mass is 35.5. The second-order valence-corrected chi connectivity index (χ2v) is 4.92. The third-order valence-electron chi connectivity index (χ3n) is 3.10. The summed E-state index contributed by atoms with van der Waals surface area (Å²) >= 11 is 6.07. The Morgan fingerprint density at radius 3 is 2.65 bits per heavy atom. The summed E-state index contributed by atoms with van der Waals surface area (Å²) in [4.78, 5) is 8.96. The highest BCUT2D eigenvalue weighted by molar-refractivity contribution is 6.29. The summed E-state index contributed by atoms with van der Waals surface area (Å²) in [6, 6.07) is 10.0. The summed E-state index contributed by atoms with van der Waals surface area (Å²) in [5, 5.41) is 0.542.